The van der Waals surface area contributed by atoms with Gasteiger partial charge < -0.3 is 10.2 Å². The van der Waals surface area contributed by atoms with Gasteiger partial charge in [0.05, 0.1) is 15.6 Å². The SMILES string of the molecule is CN(C)Cc1ccc(CNC(=O)c2cc(F)c(Cl)cc2Cl)cc1. The van der Waals surface area contributed by atoms with Crippen molar-refractivity contribution in [3.8, 4) is 0 Å². The Kier molecular flexibility index (Phi) is 5.99. The van der Waals surface area contributed by atoms with Gasteiger partial charge in [-0.2, -0.15) is 0 Å². The average molecular weight is 355 g/mol. The molecule has 23 heavy (non-hydrogen) atoms. The monoisotopic (exact) mass is 354 g/mol. The summed E-state index contributed by atoms with van der Waals surface area (Å²) in [7, 11) is 4.01. The molecule has 122 valence electrons. The van der Waals surface area contributed by atoms with E-state index in [2.05, 4.69) is 10.2 Å². The van der Waals surface area contributed by atoms with Crippen LogP contribution in [0.5, 0.6) is 0 Å². The third kappa shape index (κ3) is 4.93. The van der Waals surface area contributed by atoms with Crippen molar-refractivity contribution in [2.45, 2.75) is 13.1 Å². The molecule has 0 aromatic heterocycles. The standard InChI is InChI=1S/C17H17Cl2FN2O/c1-22(2)10-12-5-3-11(4-6-12)9-21-17(23)13-7-16(20)15(19)8-14(13)18/h3-8H,9-10H2,1-2H3,(H,21,23). The second kappa shape index (κ2) is 7.77. The zero-order valence-electron chi connectivity index (χ0n) is 12.9. The average Bonchev–Trinajstić information content (AvgIpc) is 2.49. The first-order valence-corrected chi connectivity index (χ1v) is 7.77. The van der Waals surface area contributed by atoms with Crippen LogP contribution in [0.1, 0.15) is 21.5 Å². The molecule has 0 bridgehead atoms. The van der Waals surface area contributed by atoms with Crippen molar-refractivity contribution in [3.63, 3.8) is 0 Å². The Morgan fingerprint density at radius 1 is 1.09 bits per heavy atom. The molecule has 0 fully saturated rings. The summed E-state index contributed by atoms with van der Waals surface area (Å²) in [6.45, 7) is 1.19. The Hall–Kier alpha value is -1.62. The lowest BCUT2D eigenvalue weighted by atomic mass is 10.1. The highest BCUT2D eigenvalue weighted by molar-refractivity contribution is 6.36. The van der Waals surface area contributed by atoms with Crippen LogP contribution in [-0.4, -0.2) is 24.9 Å². The van der Waals surface area contributed by atoms with Crippen LogP contribution in [0.15, 0.2) is 36.4 Å². The second-order valence-corrected chi connectivity index (χ2v) is 6.30. The van der Waals surface area contributed by atoms with Crippen molar-refractivity contribution in [2.24, 2.45) is 0 Å². The largest absolute Gasteiger partial charge is 0.348 e. The number of carbonyl (C=O) groups is 1. The Balaban J connectivity index is 2.00. The summed E-state index contributed by atoms with van der Waals surface area (Å²) in [5, 5.41) is 2.73. The van der Waals surface area contributed by atoms with Crippen molar-refractivity contribution in [2.75, 3.05) is 14.1 Å². The van der Waals surface area contributed by atoms with Crippen molar-refractivity contribution in [3.05, 3.63) is 69.0 Å². The first-order chi connectivity index (χ1) is 10.9. The number of amides is 1. The van der Waals surface area contributed by atoms with Crippen molar-refractivity contribution < 1.29 is 9.18 Å². The van der Waals surface area contributed by atoms with E-state index in [1.165, 1.54) is 11.6 Å². The van der Waals surface area contributed by atoms with Gasteiger partial charge >= 0.3 is 0 Å². The third-order valence-electron chi connectivity index (χ3n) is 3.23. The molecule has 0 atom stereocenters. The van der Waals surface area contributed by atoms with E-state index in [1.54, 1.807) is 0 Å². The van der Waals surface area contributed by atoms with Crippen LogP contribution in [0, 0.1) is 5.82 Å². The molecular weight excluding hydrogens is 338 g/mol. The van der Waals surface area contributed by atoms with E-state index >= 15 is 0 Å². The van der Waals surface area contributed by atoms with Crippen molar-refractivity contribution in [1.82, 2.24) is 10.2 Å². The Labute approximate surface area is 145 Å². The van der Waals surface area contributed by atoms with Gasteiger partial charge in [-0.3, -0.25) is 4.79 Å². The third-order valence-corrected chi connectivity index (χ3v) is 3.83. The van der Waals surface area contributed by atoms with Crippen LogP contribution in [0.3, 0.4) is 0 Å². The van der Waals surface area contributed by atoms with E-state index in [0.717, 1.165) is 18.2 Å². The number of benzene rings is 2. The molecule has 1 amide bonds. The summed E-state index contributed by atoms with van der Waals surface area (Å²) in [4.78, 5) is 14.2. The molecule has 0 unspecified atom stereocenters. The minimum absolute atomic E-state index is 0.0674. The van der Waals surface area contributed by atoms with Crippen LogP contribution in [0.4, 0.5) is 4.39 Å². The molecule has 0 saturated heterocycles. The Morgan fingerprint density at radius 2 is 1.70 bits per heavy atom. The van der Waals surface area contributed by atoms with E-state index in [0.29, 0.717) is 6.54 Å². The van der Waals surface area contributed by atoms with Crippen LogP contribution in [-0.2, 0) is 13.1 Å². The maximum absolute atomic E-state index is 13.5. The van der Waals surface area contributed by atoms with Gasteiger partial charge in [-0.25, -0.2) is 4.39 Å². The molecule has 6 heteroatoms. The molecule has 0 heterocycles. The lowest BCUT2D eigenvalue weighted by Gasteiger charge is -2.11. The summed E-state index contributed by atoms with van der Waals surface area (Å²) >= 11 is 11.6. The van der Waals surface area contributed by atoms with E-state index in [4.69, 9.17) is 23.2 Å². The van der Waals surface area contributed by atoms with Crippen LogP contribution in [0.2, 0.25) is 10.0 Å². The van der Waals surface area contributed by atoms with E-state index in [9.17, 15) is 9.18 Å². The first kappa shape index (κ1) is 17.7. The summed E-state index contributed by atoms with van der Waals surface area (Å²) < 4.78 is 13.5. The van der Waals surface area contributed by atoms with Crippen molar-refractivity contribution >= 4 is 29.1 Å². The van der Waals surface area contributed by atoms with Gasteiger partial charge in [-0.15, -0.1) is 0 Å². The number of hydrogen-bond donors (Lipinski definition) is 1. The predicted molar refractivity (Wildman–Crippen MR) is 91.4 cm³/mol. The highest BCUT2D eigenvalue weighted by Crippen LogP contribution is 2.24. The molecule has 0 saturated carbocycles. The van der Waals surface area contributed by atoms with Gasteiger partial charge in [0.2, 0.25) is 0 Å². The van der Waals surface area contributed by atoms with Gasteiger partial charge in [0.1, 0.15) is 5.82 Å². The number of nitrogens with zero attached hydrogens (tertiary/aromatic N) is 1. The summed E-state index contributed by atoms with van der Waals surface area (Å²) in [5.74, 6) is -1.11. The second-order valence-electron chi connectivity index (χ2n) is 5.48. The highest BCUT2D eigenvalue weighted by atomic mass is 35.5. The lowest BCUT2D eigenvalue weighted by Crippen LogP contribution is -2.23. The normalized spacial score (nSPS) is 10.9. The summed E-state index contributed by atoms with van der Waals surface area (Å²) in [6, 6.07) is 10.2. The van der Waals surface area contributed by atoms with Crippen LogP contribution >= 0.6 is 23.2 Å². The molecule has 0 aliphatic heterocycles. The molecule has 2 rings (SSSR count). The minimum Gasteiger partial charge on any atom is -0.348 e. The maximum atomic E-state index is 13.5. The molecule has 0 radical (unpaired) electrons. The number of nitrogens with one attached hydrogen (secondary N) is 1. The van der Waals surface area contributed by atoms with Crippen LogP contribution < -0.4 is 5.32 Å². The Bertz CT molecular complexity index is 702. The summed E-state index contributed by atoms with van der Waals surface area (Å²) in [6.07, 6.45) is 0. The fraction of sp³-hybridized carbons (Fsp3) is 0.235. The van der Waals surface area contributed by atoms with Gasteiger partial charge in [-0.1, -0.05) is 47.5 Å². The fourth-order valence-electron chi connectivity index (χ4n) is 2.10. The lowest BCUT2D eigenvalue weighted by molar-refractivity contribution is 0.0950. The predicted octanol–water partition coefficient (Wildman–Crippen LogP) is 4.12. The molecule has 0 aliphatic rings. The van der Waals surface area contributed by atoms with Gasteiger partial charge in [0.25, 0.3) is 5.91 Å². The number of carbonyl (C=O) groups excluding carboxylic acids is 1. The molecule has 2 aromatic carbocycles. The van der Waals surface area contributed by atoms with E-state index in [-0.39, 0.29) is 15.6 Å². The Morgan fingerprint density at radius 3 is 2.30 bits per heavy atom. The summed E-state index contributed by atoms with van der Waals surface area (Å²) in [5.41, 5.74) is 2.21. The number of hydrogen-bond acceptors (Lipinski definition) is 2. The quantitative estimate of drug-likeness (QED) is 0.819. The number of rotatable bonds is 5. The molecule has 1 N–H and O–H groups in total. The minimum atomic E-state index is -0.672. The first-order valence-electron chi connectivity index (χ1n) is 7.02. The molecule has 2 aromatic rings. The molecule has 0 spiro atoms. The maximum Gasteiger partial charge on any atom is 0.253 e. The zero-order chi connectivity index (χ0) is 17.0. The van der Waals surface area contributed by atoms with E-state index < -0.39 is 11.7 Å². The molecule has 0 aliphatic carbocycles. The smallest absolute Gasteiger partial charge is 0.253 e. The topological polar surface area (TPSA) is 32.3 Å². The highest BCUT2D eigenvalue weighted by Gasteiger charge is 2.14. The zero-order valence-corrected chi connectivity index (χ0v) is 14.4. The molecular formula is C17H17Cl2FN2O. The van der Waals surface area contributed by atoms with Crippen LogP contribution in [0.25, 0.3) is 0 Å². The fourth-order valence-corrected chi connectivity index (χ4v) is 2.57. The van der Waals surface area contributed by atoms with Gasteiger partial charge in [-0.05, 0) is 37.4 Å². The van der Waals surface area contributed by atoms with E-state index in [1.807, 2.05) is 38.4 Å². The van der Waals surface area contributed by atoms with Gasteiger partial charge in [0.15, 0.2) is 0 Å². The molecule has 3 nitrogen and oxygen atoms in total. The van der Waals surface area contributed by atoms with Gasteiger partial charge in [0, 0.05) is 13.1 Å². The number of halogens is 3. The van der Waals surface area contributed by atoms with Crippen molar-refractivity contribution in [1.29, 1.82) is 0 Å².